The zero-order valence-corrected chi connectivity index (χ0v) is 19.7. The summed E-state index contributed by atoms with van der Waals surface area (Å²) in [6.45, 7) is 0. The summed E-state index contributed by atoms with van der Waals surface area (Å²) in [6, 6.07) is 16.7. The largest absolute Gasteiger partial charge is 0.497 e. The van der Waals surface area contributed by atoms with E-state index in [2.05, 4.69) is 10.0 Å². The number of hydrogen-bond acceptors (Lipinski definition) is 7. The van der Waals surface area contributed by atoms with Gasteiger partial charge in [-0.15, -0.1) is 0 Å². The second-order valence-corrected chi connectivity index (χ2v) is 9.31. The van der Waals surface area contributed by atoms with Crippen molar-refractivity contribution >= 4 is 44.6 Å². The van der Waals surface area contributed by atoms with Gasteiger partial charge in [0.05, 0.1) is 24.8 Å². The number of hydrogen-bond donors (Lipinski definition) is 2. The summed E-state index contributed by atoms with van der Waals surface area (Å²) in [6.07, 6.45) is 0. The standard InChI is InChI=1S/C24H19ClN2O6S/c1-32-16-11-15(12-17(13-16)33-2)27-34(30,31)18-9-7-14(8-10-18)26-22-21(25)23(28)19-5-3-4-6-20(19)24(22)29/h3-13,26-27H,1-2H3. The minimum atomic E-state index is -3.93. The van der Waals surface area contributed by atoms with E-state index in [1.54, 1.807) is 30.3 Å². The maximum Gasteiger partial charge on any atom is 0.261 e. The van der Waals surface area contributed by atoms with Crippen molar-refractivity contribution in [3.05, 3.63) is 88.6 Å². The van der Waals surface area contributed by atoms with E-state index in [-0.39, 0.29) is 32.4 Å². The van der Waals surface area contributed by atoms with Gasteiger partial charge in [0.15, 0.2) is 0 Å². The van der Waals surface area contributed by atoms with E-state index >= 15 is 0 Å². The molecule has 0 saturated heterocycles. The van der Waals surface area contributed by atoms with Crippen LogP contribution in [-0.4, -0.2) is 34.2 Å². The molecule has 0 spiro atoms. The third-order valence-electron chi connectivity index (χ3n) is 5.10. The van der Waals surface area contributed by atoms with Crippen LogP contribution in [0.15, 0.2) is 82.4 Å². The second kappa shape index (κ2) is 9.20. The van der Waals surface area contributed by atoms with Gasteiger partial charge in [0.1, 0.15) is 22.2 Å². The first-order valence-corrected chi connectivity index (χ1v) is 11.8. The lowest BCUT2D eigenvalue weighted by Gasteiger charge is -2.19. The Labute approximate surface area is 201 Å². The predicted molar refractivity (Wildman–Crippen MR) is 128 cm³/mol. The van der Waals surface area contributed by atoms with E-state index in [9.17, 15) is 18.0 Å². The van der Waals surface area contributed by atoms with Crippen molar-refractivity contribution in [1.82, 2.24) is 0 Å². The first kappa shape index (κ1) is 23.3. The van der Waals surface area contributed by atoms with Crippen molar-refractivity contribution in [1.29, 1.82) is 0 Å². The summed E-state index contributed by atoms with van der Waals surface area (Å²) >= 11 is 6.17. The van der Waals surface area contributed by atoms with Gasteiger partial charge in [0.2, 0.25) is 11.6 Å². The molecule has 0 atom stereocenters. The molecule has 4 rings (SSSR count). The number of methoxy groups -OCH3 is 2. The zero-order chi connectivity index (χ0) is 24.5. The Kier molecular flexibility index (Phi) is 6.32. The molecule has 3 aromatic carbocycles. The van der Waals surface area contributed by atoms with Crippen LogP contribution in [0.2, 0.25) is 0 Å². The third-order valence-corrected chi connectivity index (χ3v) is 6.86. The number of ether oxygens (including phenoxy) is 2. The minimum absolute atomic E-state index is 0.0173. The van der Waals surface area contributed by atoms with Crippen LogP contribution < -0.4 is 19.5 Å². The molecule has 3 aromatic rings. The van der Waals surface area contributed by atoms with Gasteiger partial charge in [0, 0.05) is 35.0 Å². The SMILES string of the molecule is COc1cc(NS(=O)(=O)c2ccc(NC3=C(Cl)C(=O)c4ccccc4C3=O)cc2)cc(OC)c1. The normalized spacial score (nSPS) is 13.4. The summed E-state index contributed by atoms with van der Waals surface area (Å²) in [4.78, 5) is 25.3. The topological polar surface area (TPSA) is 111 Å². The Morgan fingerprint density at radius 2 is 1.32 bits per heavy atom. The molecule has 0 fully saturated rings. The summed E-state index contributed by atoms with van der Waals surface area (Å²) in [5.41, 5.74) is 1.07. The van der Waals surface area contributed by atoms with E-state index < -0.39 is 21.6 Å². The van der Waals surface area contributed by atoms with Gasteiger partial charge in [-0.3, -0.25) is 14.3 Å². The summed E-state index contributed by atoms with van der Waals surface area (Å²) in [5.74, 6) is -0.0351. The van der Waals surface area contributed by atoms with Crippen LogP contribution in [0.4, 0.5) is 11.4 Å². The number of benzene rings is 3. The highest BCUT2D eigenvalue weighted by atomic mass is 35.5. The van der Waals surface area contributed by atoms with Crippen LogP contribution in [-0.2, 0) is 10.0 Å². The molecule has 34 heavy (non-hydrogen) atoms. The van der Waals surface area contributed by atoms with Crippen molar-refractivity contribution in [2.24, 2.45) is 0 Å². The highest BCUT2D eigenvalue weighted by Crippen LogP contribution is 2.30. The molecule has 0 bridgehead atoms. The molecule has 0 saturated carbocycles. The quantitative estimate of drug-likeness (QED) is 0.495. The number of carbonyl (C=O) groups excluding carboxylic acids is 2. The van der Waals surface area contributed by atoms with Crippen LogP contribution in [0.1, 0.15) is 20.7 Å². The van der Waals surface area contributed by atoms with Crippen LogP contribution >= 0.6 is 11.6 Å². The summed E-state index contributed by atoms with van der Waals surface area (Å²) in [7, 11) is -1.01. The average Bonchev–Trinajstić information content (AvgIpc) is 2.85. The Morgan fingerprint density at radius 1 is 0.765 bits per heavy atom. The second-order valence-electron chi connectivity index (χ2n) is 7.25. The molecule has 8 nitrogen and oxygen atoms in total. The molecular weight excluding hydrogens is 480 g/mol. The number of sulfonamides is 1. The van der Waals surface area contributed by atoms with E-state index in [0.717, 1.165) is 0 Å². The first-order valence-electron chi connectivity index (χ1n) is 9.94. The molecule has 0 aromatic heterocycles. The lowest BCUT2D eigenvalue weighted by atomic mass is 9.92. The van der Waals surface area contributed by atoms with Gasteiger partial charge in [-0.05, 0) is 24.3 Å². The van der Waals surface area contributed by atoms with Gasteiger partial charge >= 0.3 is 0 Å². The Bertz CT molecular complexity index is 1410. The predicted octanol–water partition coefficient (Wildman–Crippen LogP) is 4.45. The number of Topliss-reactive ketones (excluding diaryl/α,β-unsaturated/α-hetero) is 2. The maximum atomic E-state index is 12.8. The smallest absolute Gasteiger partial charge is 0.261 e. The molecule has 1 aliphatic rings. The number of nitrogens with one attached hydrogen (secondary N) is 2. The van der Waals surface area contributed by atoms with Gasteiger partial charge in [-0.2, -0.15) is 0 Å². The highest BCUT2D eigenvalue weighted by Gasteiger charge is 2.31. The Hall–Kier alpha value is -3.82. The first-order chi connectivity index (χ1) is 16.2. The molecule has 10 heteroatoms. The third kappa shape index (κ3) is 4.48. The molecule has 0 amide bonds. The van der Waals surface area contributed by atoms with E-state index in [1.807, 2.05) is 0 Å². The Balaban J connectivity index is 1.56. The molecule has 1 aliphatic carbocycles. The minimum Gasteiger partial charge on any atom is -0.497 e. The number of anilines is 2. The van der Waals surface area contributed by atoms with Crippen molar-refractivity contribution in [3.63, 3.8) is 0 Å². The summed E-state index contributed by atoms with van der Waals surface area (Å²) < 4.78 is 38.5. The number of fused-ring (bicyclic) bond motifs is 1. The fourth-order valence-corrected chi connectivity index (χ4v) is 4.67. The van der Waals surface area contributed by atoms with Crippen LogP contribution in [0.3, 0.4) is 0 Å². The van der Waals surface area contributed by atoms with Gasteiger partial charge in [-0.25, -0.2) is 8.42 Å². The van der Waals surface area contributed by atoms with E-state index in [0.29, 0.717) is 17.2 Å². The van der Waals surface area contributed by atoms with Crippen molar-refractivity contribution < 1.29 is 27.5 Å². The number of allylic oxidation sites excluding steroid dienone is 2. The summed E-state index contributed by atoms with van der Waals surface area (Å²) in [5, 5.41) is 2.61. The fourth-order valence-electron chi connectivity index (χ4n) is 3.40. The number of halogens is 1. The Morgan fingerprint density at radius 3 is 1.88 bits per heavy atom. The van der Waals surface area contributed by atoms with Crippen LogP contribution in [0.5, 0.6) is 11.5 Å². The molecule has 0 aliphatic heterocycles. The van der Waals surface area contributed by atoms with Gasteiger partial charge in [-0.1, -0.05) is 35.9 Å². The van der Waals surface area contributed by atoms with E-state index in [4.69, 9.17) is 21.1 Å². The van der Waals surface area contributed by atoms with Gasteiger partial charge in [0.25, 0.3) is 10.0 Å². The highest BCUT2D eigenvalue weighted by molar-refractivity contribution is 7.92. The lowest BCUT2D eigenvalue weighted by Crippen LogP contribution is -2.24. The zero-order valence-electron chi connectivity index (χ0n) is 18.1. The van der Waals surface area contributed by atoms with Crippen LogP contribution in [0.25, 0.3) is 0 Å². The van der Waals surface area contributed by atoms with Gasteiger partial charge < -0.3 is 14.8 Å². The molecule has 174 valence electrons. The lowest BCUT2D eigenvalue weighted by molar-refractivity contribution is 0.0982. The van der Waals surface area contributed by atoms with E-state index in [1.165, 1.54) is 50.6 Å². The molecule has 0 unspecified atom stereocenters. The monoisotopic (exact) mass is 498 g/mol. The number of rotatable bonds is 7. The van der Waals surface area contributed by atoms with Crippen molar-refractivity contribution in [2.45, 2.75) is 4.90 Å². The fraction of sp³-hybridized carbons (Fsp3) is 0.0833. The number of carbonyl (C=O) groups is 2. The van der Waals surface area contributed by atoms with Crippen molar-refractivity contribution in [3.8, 4) is 11.5 Å². The van der Waals surface area contributed by atoms with Crippen molar-refractivity contribution in [2.75, 3.05) is 24.3 Å². The molecule has 2 N–H and O–H groups in total. The number of ketones is 2. The maximum absolute atomic E-state index is 12.8. The molecular formula is C24H19ClN2O6S. The average molecular weight is 499 g/mol. The van der Waals surface area contributed by atoms with Crippen LogP contribution in [0, 0.1) is 0 Å². The molecule has 0 radical (unpaired) electrons. The molecule has 0 heterocycles.